The molecule has 8 heteroatoms. The van der Waals surface area contributed by atoms with E-state index in [0.717, 1.165) is 22.6 Å². The maximum Gasteiger partial charge on any atom is 0.271 e. The number of aromatic nitrogens is 1. The Bertz CT molecular complexity index is 1720. The Morgan fingerprint density at radius 1 is 0.929 bits per heavy atom. The van der Waals surface area contributed by atoms with Crippen LogP contribution in [-0.4, -0.2) is 23.3 Å². The fourth-order valence-electron chi connectivity index (χ4n) is 4.50. The minimum absolute atomic E-state index is 0.0545. The second kappa shape index (κ2) is 13.3. The van der Waals surface area contributed by atoms with Gasteiger partial charge in [-0.15, -0.1) is 0 Å². The first-order chi connectivity index (χ1) is 20.4. The largest absolute Gasteiger partial charge is 0.490 e. The van der Waals surface area contributed by atoms with Gasteiger partial charge in [-0.2, -0.15) is 5.10 Å². The highest BCUT2D eigenvalue weighted by Crippen LogP contribution is 2.34. The third kappa shape index (κ3) is 6.61. The normalized spacial score (nSPS) is 11.0. The molecular weight excluding hydrogens is 597 g/mol. The maximum absolute atomic E-state index is 14.0. The van der Waals surface area contributed by atoms with Gasteiger partial charge < -0.3 is 14.0 Å². The Morgan fingerprint density at radius 3 is 2.38 bits per heavy atom. The van der Waals surface area contributed by atoms with Gasteiger partial charge in [-0.05, 0) is 89.9 Å². The van der Waals surface area contributed by atoms with Crippen LogP contribution in [-0.2, 0) is 6.61 Å². The molecule has 1 N–H and O–H groups in total. The van der Waals surface area contributed by atoms with Crippen LogP contribution in [0.15, 0.2) is 113 Å². The lowest BCUT2D eigenvalue weighted by molar-refractivity contribution is 0.0955. The van der Waals surface area contributed by atoms with E-state index in [2.05, 4.69) is 62.2 Å². The second-order valence-electron chi connectivity index (χ2n) is 9.44. The molecule has 0 radical (unpaired) electrons. The predicted molar refractivity (Wildman–Crippen MR) is 167 cm³/mol. The lowest BCUT2D eigenvalue weighted by Gasteiger charge is -2.14. The molecule has 1 heterocycles. The zero-order valence-electron chi connectivity index (χ0n) is 23.2. The Morgan fingerprint density at radius 2 is 1.64 bits per heavy atom. The van der Waals surface area contributed by atoms with E-state index in [4.69, 9.17) is 9.47 Å². The number of hydrazone groups is 1. The molecule has 42 heavy (non-hydrogen) atoms. The van der Waals surface area contributed by atoms with Gasteiger partial charge in [0, 0.05) is 32.5 Å². The first kappa shape index (κ1) is 28.8. The Hall–Kier alpha value is -4.69. The quantitative estimate of drug-likeness (QED) is 0.126. The van der Waals surface area contributed by atoms with Crippen LogP contribution in [0.25, 0.3) is 16.9 Å². The first-order valence-electron chi connectivity index (χ1n) is 13.4. The zero-order chi connectivity index (χ0) is 29.5. The molecule has 4 aromatic carbocycles. The SMILES string of the molecule is CCOc1cc(/C=N/NC(=O)c2ccc(-n3c(C)ccc3-c3ccccc3)cc2)c(Br)cc1OCc1ccccc1F. The van der Waals surface area contributed by atoms with Crippen LogP contribution in [0.4, 0.5) is 4.39 Å². The van der Waals surface area contributed by atoms with Crippen LogP contribution in [0.1, 0.15) is 34.1 Å². The summed E-state index contributed by atoms with van der Waals surface area (Å²) in [6.07, 6.45) is 1.52. The van der Waals surface area contributed by atoms with Crippen molar-refractivity contribution in [3.63, 3.8) is 0 Å². The van der Waals surface area contributed by atoms with E-state index in [0.29, 0.717) is 39.3 Å². The van der Waals surface area contributed by atoms with Crippen molar-refractivity contribution in [2.75, 3.05) is 6.61 Å². The molecular formula is C34H29BrFN3O3. The van der Waals surface area contributed by atoms with Crippen LogP contribution < -0.4 is 14.9 Å². The summed E-state index contributed by atoms with van der Waals surface area (Å²) in [5, 5.41) is 4.15. The second-order valence-corrected chi connectivity index (χ2v) is 10.3. The molecule has 0 aliphatic carbocycles. The van der Waals surface area contributed by atoms with Crippen molar-refractivity contribution < 1.29 is 18.7 Å². The van der Waals surface area contributed by atoms with Crippen LogP contribution in [0.2, 0.25) is 0 Å². The molecule has 1 amide bonds. The number of carbonyl (C=O) groups excluding carboxylic acids is 1. The maximum atomic E-state index is 14.0. The van der Waals surface area contributed by atoms with Crippen molar-refractivity contribution in [2.45, 2.75) is 20.5 Å². The summed E-state index contributed by atoms with van der Waals surface area (Å²) in [7, 11) is 0. The van der Waals surface area contributed by atoms with E-state index < -0.39 is 0 Å². The van der Waals surface area contributed by atoms with Crippen molar-refractivity contribution in [2.24, 2.45) is 5.10 Å². The summed E-state index contributed by atoms with van der Waals surface area (Å²) in [4.78, 5) is 12.8. The van der Waals surface area contributed by atoms with Gasteiger partial charge in [0.1, 0.15) is 12.4 Å². The average Bonchev–Trinajstić information content (AvgIpc) is 3.40. The fourth-order valence-corrected chi connectivity index (χ4v) is 4.93. The number of nitrogens with one attached hydrogen (secondary N) is 1. The monoisotopic (exact) mass is 625 g/mol. The summed E-state index contributed by atoms with van der Waals surface area (Å²) in [6, 6.07) is 31.7. The number of aryl methyl sites for hydroxylation is 1. The molecule has 0 bridgehead atoms. The van der Waals surface area contributed by atoms with Crippen LogP contribution in [0.3, 0.4) is 0 Å². The van der Waals surface area contributed by atoms with E-state index in [1.165, 1.54) is 12.3 Å². The summed E-state index contributed by atoms with van der Waals surface area (Å²) < 4.78 is 28.5. The summed E-state index contributed by atoms with van der Waals surface area (Å²) in [5.41, 5.74) is 8.43. The standard InChI is InChI=1S/C34H29BrFN3O3/c1-3-41-32-19-27(29(35)20-33(32)42-22-26-11-7-8-12-30(26)36)21-37-38-34(40)25-14-16-28(17-15-25)39-23(2)13-18-31(39)24-9-5-4-6-10-24/h4-21H,3,22H2,1-2H3,(H,38,40)/b37-21+. The zero-order valence-corrected chi connectivity index (χ0v) is 24.8. The summed E-state index contributed by atoms with van der Waals surface area (Å²) in [5.74, 6) is 0.272. The Labute approximate surface area is 252 Å². The third-order valence-electron chi connectivity index (χ3n) is 6.61. The molecule has 5 aromatic rings. The van der Waals surface area contributed by atoms with Gasteiger partial charge in [0.25, 0.3) is 5.91 Å². The van der Waals surface area contributed by atoms with E-state index in [1.807, 2.05) is 37.3 Å². The molecule has 0 aliphatic rings. The molecule has 0 saturated heterocycles. The highest BCUT2D eigenvalue weighted by atomic mass is 79.9. The molecule has 6 nitrogen and oxygen atoms in total. The van der Waals surface area contributed by atoms with Gasteiger partial charge in [-0.25, -0.2) is 9.82 Å². The molecule has 0 spiro atoms. The highest BCUT2D eigenvalue weighted by Gasteiger charge is 2.13. The van der Waals surface area contributed by atoms with Crippen LogP contribution in [0, 0.1) is 12.7 Å². The van der Waals surface area contributed by atoms with Gasteiger partial charge in [0.05, 0.1) is 18.5 Å². The van der Waals surface area contributed by atoms with Crippen LogP contribution >= 0.6 is 15.9 Å². The van der Waals surface area contributed by atoms with Crippen molar-refractivity contribution >= 4 is 28.1 Å². The minimum Gasteiger partial charge on any atom is -0.490 e. The number of hydrogen-bond donors (Lipinski definition) is 1. The molecule has 0 saturated carbocycles. The number of benzene rings is 4. The van der Waals surface area contributed by atoms with Crippen LogP contribution in [0.5, 0.6) is 11.5 Å². The van der Waals surface area contributed by atoms with Gasteiger partial charge in [0.2, 0.25) is 0 Å². The number of carbonyl (C=O) groups is 1. The Balaban J connectivity index is 1.27. The number of hydrogen-bond acceptors (Lipinski definition) is 4. The van der Waals surface area contributed by atoms with Gasteiger partial charge in [-0.3, -0.25) is 4.79 Å². The first-order valence-corrected chi connectivity index (χ1v) is 14.2. The molecule has 0 fully saturated rings. The predicted octanol–water partition coefficient (Wildman–Crippen LogP) is 8.10. The number of ether oxygens (including phenoxy) is 2. The van der Waals surface area contributed by atoms with Crippen molar-refractivity contribution in [3.8, 4) is 28.4 Å². The van der Waals surface area contributed by atoms with Crippen molar-refractivity contribution in [1.82, 2.24) is 9.99 Å². The average molecular weight is 627 g/mol. The molecule has 1 aromatic heterocycles. The third-order valence-corrected chi connectivity index (χ3v) is 7.29. The van der Waals surface area contributed by atoms with Crippen molar-refractivity contribution in [1.29, 1.82) is 0 Å². The fraction of sp³-hybridized carbons (Fsp3) is 0.118. The lowest BCUT2D eigenvalue weighted by Crippen LogP contribution is -2.17. The molecule has 212 valence electrons. The topological polar surface area (TPSA) is 64.8 Å². The highest BCUT2D eigenvalue weighted by molar-refractivity contribution is 9.10. The number of amides is 1. The minimum atomic E-state index is -0.337. The Kier molecular flexibility index (Phi) is 9.14. The summed E-state index contributed by atoms with van der Waals surface area (Å²) >= 11 is 3.52. The molecule has 0 unspecified atom stereocenters. The van der Waals surface area contributed by atoms with E-state index in [1.54, 1.807) is 42.5 Å². The smallest absolute Gasteiger partial charge is 0.271 e. The van der Waals surface area contributed by atoms with Gasteiger partial charge >= 0.3 is 0 Å². The summed E-state index contributed by atoms with van der Waals surface area (Å²) in [6.45, 7) is 4.38. The number of nitrogens with zero attached hydrogens (tertiary/aromatic N) is 2. The van der Waals surface area contributed by atoms with Crippen molar-refractivity contribution in [3.05, 3.63) is 136 Å². The van der Waals surface area contributed by atoms with Gasteiger partial charge in [0.15, 0.2) is 11.5 Å². The number of halogens is 2. The van der Waals surface area contributed by atoms with E-state index in [9.17, 15) is 9.18 Å². The molecule has 5 rings (SSSR count). The van der Waals surface area contributed by atoms with Gasteiger partial charge in [-0.1, -0.05) is 48.5 Å². The number of rotatable bonds is 10. The molecule has 0 aliphatic heterocycles. The van der Waals surface area contributed by atoms with E-state index in [-0.39, 0.29) is 18.3 Å². The lowest BCUT2D eigenvalue weighted by atomic mass is 10.1. The van der Waals surface area contributed by atoms with E-state index >= 15 is 0 Å². The molecule has 0 atom stereocenters.